The molecule has 1 rings (SSSR count). The van der Waals surface area contributed by atoms with Gasteiger partial charge >= 0.3 is 0 Å². The van der Waals surface area contributed by atoms with Crippen LogP contribution in [0.3, 0.4) is 0 Å². The summed E-state index contributed by atoms with van der Waals surface area (Å²) in [5.74, 6) is 2.39. The molecule has 2 N–H and O–H groups in total. The SMILES string of the molecule is COCCN(C(C)C)C1(CN)CSCC(C)(C)C1. The molecular weight excluding hydrogens is 244 g/mol. The monoisotopic (exact) mass is 274 g/mol. The lowest BCUT2D eigenvalue weighted by Gasteiger charge is -2.52. The second kappa shape index (κ2) is 6.60. The van der Waals surface area contributed by atoms with E-state index in [-0.39, 0.29) is 5.54 Å². The van der Waals surface area contributed by atoms with Crippen LogP contribution in [0.5, 0.6) is 0 Å². The van der Waals surface area contributed by atoms with Crippen LogP contribution in [0.4, 0.5) is 0 Å². The number of rotatable bonds is 6. The van der Waals surface area contributed by atoms with Gasteiger partial charge in [-0.2, -0.15) is 11.8 Å². The third-order valence-electron chi connectivity index (χ3n) is 3.82. The van der Waals surface area contributed by atoms with Crippen molar-refractivity contribution in [2.24, 2.45) is 11.1 Å². The molecule has 1 unspecified atom stereocenters. The van der Waals surface area contributed by atoms with E-state index in [0.29, 0.717) is 11.5 Å². The van der Waals surface area contributed by atoms with Crippen LogP contribution in [0.2, 0.25) is 0 Å². The fourth-order valence-electron chi connectivity index (χ4n) is 3.18. The van der Waals surface area contributed by atoms with Crippen LogP contribution in [0, 0.1) is 5.41 Å². The quantitative estimate of drug-likeness (QED) is 0.806. The van der Waals surface area contributed by atoms with Gasteiger partial charge in [0.1, 0.15) is 0 Å². The van der Waals surface area contributed by atoms with Crippen LogP contribution in [0.15, 0.2) is 0 Å². The fraction of sp³-hybridized carbons (Fsp3) is 1.00. The van der Waals surface area contributed by atoms with Gasteiger partial charge in [-0.1, -0.05) is 13.8 Å². The largest absolute Gasteiger partial charge is 0.383 e. The van der Waals surface area contributed by atoms with E-state index in [1.807, 2.05) is 0 Å². The highest BCUT2D eigenvalue weighted by molar-refractivity contribution is 7.99. The molecule has 0 amide bonds. The molecule has 0 bridgehead atoms. The standard InChI is InChI=1S/C14H30N2OS/c1-12(2)16(6-7-17-5)14(9-15)8-13(3,4)10-18-11-14/h12H,6-11,15H2,1-5H3. The number of nitrogens with zero attached hydrogens (tertiary/aromatic N) is 1. The molecule has 1 aliphatic heterocycles. The third-order valence-corrected chi connectivity index (χ3v) is 5.55. The Morgan fingerprint density at radius 1 is 1.33 bits per heavy atom. The lowest BCUT2D eigenvalue weighted by atomic mass is 9.78. The summed E-state index contributed by atoms with van der Waals surface area (Å²) in [6.45, 7) is 11.7. The number of thioether (sulfide) groups is 1. The lowest BCUT2D eigenvalue weighted by molar-refractivity contribution is 0.0204. The summed E-state index contributed by atoms with van der Waals surface area (Å²) in [6.07, 6.45) is 1.19. The predicted molar refractivity (Wildman–Crippen MR) is 81.2 cm³/mol. The fourth-order valence-corrected chi connectivity index (χ4v) is 4.70. The molecule has 1 atom stereocenters. The van der Waals surface area contributed by atoms with Crippen LogP contribution < -0.4 is 5.73 Å². The molecule has 3 nitrogen and oxygen atoms in total. The molecule has 0 spiro atoms. The number of hydrogen-bond acceptors (Lipinski definition) is 4. The van der Waals surface area contributed by atoms with Gasteiger partial charge in [0.15, 0.2) is 0 Å². The Morgan fingerprint density at radius 2 is 2.00 bits per heavy atom. The first-order valence-electron chi connectivity index (χ1n) is 6.90. The Balaban J connectivity index is 2.88. The normalized spacial score (nSPS) is 28.0. The van der Waals surface area contributed by atoms with Gasteiger partial charge in [-0.05, 0) is 31.4 Å². The Bertz CT molecular complexity index is 258. The van der Waals surface area contributed by atoms with Gasteiger partial charge in [-0.3, -0.25) is 4.90 Å². The second-order valence-electron chi connectivity index (χ2n) is 6.54. The van der Waals surface area contributed by atoms with Crippen LogP contribution in [0.25, 0.3) is 0 Å². The molecule has 0 aromatic rings. The Kier molecular flexibility index (Phi) is 5.97. The number of methoxy groups -OCH3 is 1. The summed E-state index contributed by atoms with van der Waals surface area (Å²) in [4.78, 5) is 2.56. The molecule has 0 radical (unpaired) electrons. The number of hydrogen-bond donors (Lipinski definition) is 1. The highest BCUT2D eigenvalue weighted by Gasteiger charge is 2.44. The first-order valence-corrected chi connectivity index (χ1v) is 8.06. The zero-order chi connectivity index (χ0) is 13.8. The highest BCUT2D eigenvalue weighted by Crippen LogP contribution is 2.42. The molecule has 0 aromatic heterocycles. The van der Waals surface area contributed by atoms with Gasteiger partial charge in [-0.25, -0.2) is 0 Å². The molecule has 0 aromatic carbocycles. The van der Waals surface area contributed by atoms with E-state index < -0.39 is 0 Å². The van der Waals surface area contributed by atoms with Crippen molar-refractivity contribution in [1.82, 2.24) is 4.90 Å². The smallest absolute Gasteiger partial charge is 0.0590 e. The molecule has 108 valence electrons. The van der Waals surface area contributed by atoms with Crippen molar-refractivity contribution in [3.63, 3.8) is 0 Å². The topological polar surface area (TPSA) is 38.5 Å². The minimum atomic E-state index is 0.138. The van der Waals surface area contributed by atoms with Gasteiger partial charge in [0.25, 0.3) is 0 Å². The highest BCUT2D eigenvalue weighted by atomic mass is 32.2. The first-order chi connectivity index (χ1) is 8.37. The van der Waals surface area contributed by atoms with E-state index in [1.165, 1.54) is 12.2 Å². The predicted octanol–water partition coefficient (Wildman–Crippen LogP) is 2.20. The van der Waals surface area contributed by atoms with E-state index in [2.05, 4.69) is 44.4 Å². The molecule has 1 saturated heterocycles. The second-order valence-corrected chi connectivity index (χ2v) is 7.53. The average molecular weight is 274 g/mol. The van der Waals surface area contributed by atoms with Gasteiger partial charge < -0.3 is 10.5 Å². The Labute approximate surface area is 117 Å². The van der Waals surface area contributed by atoms with E-state index in [1.54, 1.807) is 7.11 Å². The third kappa shape index (κ3) is 3.86. The maximum Gasteiger partial charge on any atom is 0.0590 e. The van der Waals surface area contributed by atoms with Gasteiger partial charge in [-0.15, -0.1) is 0 Å². The molecular formula is C14H30N2OS. The molecule has 0 saturated carbocycles. The van der Waals surface area contributed by atoms with Crippen molar-refractivity contribution in [2.75, 3.05) is 38.3 Å². The van der Waals surface area contributed by atoms with Crippen LogP contribution in [-0.2, 0) is 4.74 Å². The Morgan fingerprint density at radius 3 is 2.44 bits per heavy atom. The van der Waals surface area contributed by atoms with Crippen molar-refractivity contribution in [1.29, 1.82) is 0 Å². The van der Waals surface area contributed by atoms with Crippen molar-refractivity contribution in [3.05, 3.63) is 0 Å². The maximum absolute atomic E-state index is 6.17. The molecule has 1 aliphatic rings. The van der Waals surface area contributed by atoms with E-state index >= 15 is 0 Å². The van der Waals surface area contributed by atoms with Gasteiger partial charge in [0, 0.05) is 37.5 Å². The average Bonchev–Trinajstić information content (AvgIpc) is 2.27. The molecule has 4 heteroatoms. The summed E-state index contributed by atoms with van der Waals surface area (Å²) in [6, 6.07) is 0.512. The summed E-state index contributed by atoms with van der Waals surface area (Å²) in [5, 5.41) is 0. The Hall–Kier alpha value is 0.230. The van der Waals surface area contributed by atoms with Crippen molar-refractivity contribution in [2.45, 2.75) is 45.7 Å². The summed E-state index contributed by atoms with van der Waals surface area (Å²) in [7, 11) is 1.77. The van der Waals surface area contributed by atoms with E-state index in [0.717, 1.165) is 25.4 Å². The number of nitrogens with two attached hydrogens (primary N) is 1. The van der Waals surface area contributed by atoms with Crippen LogP contribution >= 0.6 is 11.8 Å². The summed E-state index contributed by atoms with van der Waals surface area (Å²) in [5.41, 5.74) is 6.69. The van der Waals surface area contributed by atoms with Crippen LogP contribution in [0.1, 0.15) is 34.1 Å². The van der Waals surface area contributed by atoms with E-state index in [4.69, 9.17) is 10.5 Å². The zero-order valence-electron chi connectivity index (χ0n) is 12.7. The minimum Gasteiger partial charge on any atom is -0.383 e. The zero-order valence-corrected chi connectivity index (χ0v) is 13.5. The van der Waals surface area contributed by atoms with Crippen molar-refractivity contribution in [3.8, 4) is 0 Å². The summed E-state index contributed by atoms with van der Waals surface area (Å²) >= 11 is 2.05. The van der Waals surface area contributed by atoms with E-state index in [9.17, 15) is 0 Å². The minimum absolute atomic E-state index is 0.138. The summed E-state index contributed by atoms with van der Waals surface area (Å²) < 4.78 is 5.27. The van der Waals surface area contributed by atoms with Crippen molar-refractivity contribution >= 4 is 11.8 Å². The van der Waals surface area contributed by atoms with Crippen molar-refractivity contribution < 1.29 is 4.74 Å². The molecule has 0 aliphatic carbocycles. The molecule has 1 fully saturated rings. The van der Waals surface area contributed by atoms with Gasteiger partial charge in [0.2, 0.25) is 0 Å². The molecule has 18 heavy (non-hydrogen) atoms. The van der Waals surface area contributed by atoms with Gasteiger partial charge in [0.05, 0.1) is 6.61 Å². The van der Waals surface area contributed by atoms with Crippen LogP contribution in [-0.4, -0.2) is 54.8 Å². The maximum atomic E-state index is 6.17. The molecule has 1 heterocycles. The first kappa shape index (κ1) is 16.3. The lowest BCUT2D eigenvalue weighted by Crippen LogP contribution is -2.62. The number of ether oxygens (including phenoxy) is 1.